The molecule has 260 valence electrons. The number of rotatable bonds is 9. The number of nitrogens with zero attached hydrogens (tertiary/aromatic N) is 8. The van der Waals surface area contributed by atoms with Crippen molar-refractivity contribution >= 4 is 16.9 Å². The molecule has 0 saturated carbocycles. The molecular weight excluding hydrogens is 637 g/mol. The van der Waals surface area contributed by atoms with Crippen LogP contribution in [0.5, 0.6) is 11.5 Å². The molecule has 2 aromatic carbocycles. The molecule has 8 rings (SSSR count). The number of benzene rings is 2. The van der Waals surface area contributed by atoms with E-state index in [0.29, 0.717) is 51.9 Å². The van der Waals surface area contributed by atoms with Crippen molar-refractivity contribution in [3.05, 3.63) is 72.3 Å². The van der Waals surface area contributed by atoms with Crippen molar-refractivity contribution < 1.29 is 18.6 Å². The van der Waals surface area contributed by atoms with Crippen molar-refractivity contribution in [1.29, 1.82) is 5.26 Å². The maximum Gasteiger partial charge on any atom is 0.164 e. The fourth-order valence-electron chi connectivity index (χ4n) is 7.59. The summed E-state index contributed by atoms with van der Waals surface area (Å²) in [6, 6.07) is 16.9. The van der Waals surface area contributed by atoms with Crippen molar-refractivity contribution in [2.45, 2.75) is 56.6 Å². The first kappa shape index (κ1) is 32.7. The van der Waals surface area contributed by atoms with Crippen molar-refractivity contribution in [3.63, 3.8) is 0 Å². The number of piperidine rings is 1. The molecule has 2 unspecified atom stereocenters. The van der Waals surface area contributed by atoms with Gasteiger partial charge in [0.1, 0.15) is 47.5 Å². The Bertz CT molecular complexity index is 1930. The van der Waals surface area contributed by atoms with Gasteiger partial charge < -0.3 is 19.9 Å². The van der Waals surface area contributed by atoms with E-state index < -0.39 is 5.82 Å². The molecule has 6 heterocycles. The van der Waals surface area contributed by atoms with E-state index >= 15 is 4.39 Å². The number of nitriles is 1. The zero-order valence-corrected chi connectivity index (χ0v) is 28.4. The third-order valence-corrected chi connectivity index (χ3v) is 10.5. The molecule has 2 N–H and O–H groups in total. The first-order chi connectivity index (χ1) is 24.3. The number of epoxide rings is 1. The van der Waals surface area contributed by atoms with E-state index in [1.807, 2.05) is 35.0 Å². The Balaban J connectivity index is 0.986. The van der Waals surface area contributed by atoms with E-state index in [2.05, 4.69) is 50.7 Å². The molecular formula is C37H42FN9O3. The second-order valence-electron chi connectivity index (χ2n) is 14.1. The molecule has 0 aliphatic carbocycles. The normalized spacial score (nSPS) is 24.2. The largest absolute Gasteiger partial charge is 0.457 e. The SMILES string of the molecule is CC(C)(/C=C(\C#N)C1OC1N1CCC[C@@H](n2nc(-c3ccc(Oc4ccccc4)cc3F)c3c(N)ncnc32)C1)N1CCN(C2COC2)CC1. The van der Waals surface area contributed by atoms with Crippen LogP contribution in [0.4, 0.5) is 10.2 Å². The van der Waals surface area contributed by atoms with Gasteiger partial charge in [-0.3, -0.25) is 14.7 Å². The first-order valence-corrected chi connectivity index (χ1v) is 17.4. The highest BCUT2D eigenvalue weighted by Crippen LogP contribution is 2.40. The summed E-state index contributed by atoms with van der Waals surface area (Å²) in [6.45, 7) is 11.4. The van der Waals surface area contributed by atoms with Gasteiger partial charge in [0.2, 0.25) is 0 Å². The summed E-state index contributed by atoms with van der Waals surface area (Å²) in [4.78, 5) is 16.0. The number of fused-ring (bicyclic) bond motifs is 1. The van der Waals surface area contributed by atoms with E-state index in [1.54, 1.807) is 12.1 Å². The van der Waals surface area contributed by atoms with E-state index in [4.69, 9.17) is 25.0 Å². The number of likely N-dealkylation sites (tertiary alicyclic amines) is 1. The molecule has 4 aromatic rings. The van der Waals surface area contributed by atoms with Crippen molar-refractivity contribution in [3.8, 4) is 28.8 Å². The molecule has 0 amide bonds. The van der Waals surface area contributed by atoms with Gasteiger partial charge in [0.25, 0.3) is 0 Å². The fraction of sp³-hybridized carbons (Fsp3) is 0.459. The highest BCUT2D eigenvalue weighted by molar-refractivity contribution is 5.98. The standard InChI is InChI=1S/C37H42FN9O3/c1-37(2,46-15-13-44(14-16-46)26-21-48-22-26)18-24(19-39)33-36(50-33)45-12-6-7-25(20-45)47-35-31(34(40)41-23-42-35)32(43-47)29-11-10-28(17-30(29)38)49-27-8-4-3-5-9-27/h3-5,8-11,17-18,23,25-26,33,36H,6-7,12-16,20-22H2,1-2H3,(H2,40,41,42)/b24-18+/t25-,33?,36?/m1/s1. The lowest BCUT2D eigenvalue weighted by molar-refractivity contribution is -0.0816. The van der Waals surface area contributed by atoms with Gasteiger partial charge in [0.15, 0.2) is 5.65 Å². The number of nitrogen functional groups attached to an aromatic ring is 1. The molecule has 0 bridgehead atoms. The Labute approximate surface area is 290 Å². The number of para-hydroxylation sites is 1. The average molecular weight is 680 g/mol. The Hall–Kier alpha value is -4.45. The van der Waals surface area contributed by atoms with Gasteiger partial charge in [-0.15, -0.1) is 0 Å². The number of anilines is 1. The van der Waals surface area contributed by atoms with Gasteiger partial charge >= 0.3 is 0 Å². The molecule has 4 aliphatic heterocycles. The van der Waals surface area contributed by atoms with Crippen LogP contribution in [0, 0.1) is 17.1 Å². The third-order valence-electron chi connectivity index (χ3n) is 10.5. The zero-order chi connectivity index (χ0) is 34.4. The monoisotopic (exact) mass is 679 g/mol. The van der Waals surface area contributed by atoms with Gasteiger partial charge in [-0.05, 0) is 57.0 Å². The second-order valence-corrected chi connectivity index (χ2v) is 14.1. The fourth-order valence-corrected chi connectivity index (χ4v) is 7.59. The minimum atomic E-state index is -0.485. The summed E-state index contributed by atoms with van der Waals surface area (Å²) in [5, 5.41) is 15.7. The van der Waals surface area contributed by atoms with E-state index in [0.717, 1.165) is 58.8 Å². The molecule has 12 nitrogen and oxygen atoms in total. The van der Waals surface area contributed by atoms with Gasteiger partial charge in [-0.2, -0.15) is 10.4 Å². The summed E-state index contributed by atoms with van der Waals surface area (Å²) in [5.41, 5.74) is 8.00. The van der Waals surface area contributed by atoms with E-state index in [9.17, 15) is 5.26 Å². The van der Waals surface area contributed by atoms with Crippen LogP contribution in [0.3, 0.4) is 0 Å². The molecule has 4 fully saturated rings. The quantitative estimate of drug-likeness (QED) is 0.196. The maximum absolute atomic E-state index is 15.7. The van der Waals surface area contributed by atoms with Crippen LogP contribution in [0.15, 0.2) is 66.5 Å². The van der Waals surface area contributed by atoms with Crippen LogP contribution in [-0.4, -0.2) is 111 Å². The molecule has 0 spiro atoms. The molecule has 50 heavy (non-hydrogen) atoms. The lowest BCUT2D eigenvalue weighted by Gasteiger charge is -2.46. The topological polar surface area (TPSA) is 134 Å². The molecule has 0 radical (unpaired) electrons. The third kappa shape index (κ3) is 6.34. The molecule has 3 atom stereocenters. The lowest BCUT2D eigenvalue weighted by atomic mass is 9.96. The predicted octanol–water partition coefficient (Wildman–Crippen LogP) is 4.61. The number of aromatic nitrogens is 4. The summed E-state index contributed by atoms with van der Waals surface area (Å²) in [7, 11) is 0. The van der Waals surface area contributed by atoms with Gasteiger partial charge in [-0.1, -0.05) is 18.2 Å². The molecule has 4 saturated heterocycles. The molecule has 13 heteroatoms. The van der Waals surface area contributed by atoms with Gasteiger partial charge in [-0.25, -0.2) is 19.0 Å². The predicted molar refractivity (Wildman–Crippen MR) is 186 cm³/mol. The Morgan fingerprint density at radius 1 is 1.02 bits per heavy atom. The van der Waals surface area contributed by atoms with Crippen LogP contribution < -0.4 is 10.5 Å². The number of nitrogens with two attached hydrogens (primary N) is 1. The summed E-state index contributed by atoms with van der Waals surface area (Å²) in [5.74, 6) is 0.749. The summed E-state index contributed by atoms with van der Waals surface area (Å²) in [6.07, 6.45) is 4.81. The number of ether oxygens (including phenoxy) is 3. The Kier molecular flexibility index (Phi) is 8.74. The van der Waals surface area contributed by atoms with E-state index in [-0.39, 0.29) is 29.7 Å². The van der Waals surface area contributed by atoms with Crippen molar-refractivity contribution in [2.75, 3.05) is 58.2 Å². The summed E-state index contributed by atoms with van der Waals surface area (Å²) < 4.78 is 35.0. The number of piperazine rings is 1. The minimum absolute atomic E-state index is 0.0637. The second kappa shape index (κ2) is 13.4. The molecule has 4 aliphatic rings. The number of hydrogen-bond donors (Lipinski definition) is 1. The smallest absolute Gasteiger partial charge is 0.164 e. The van der Waals surface area contributed by atoms with Gasteiger partial charge in [0.05, 0.1) is 42.3 Å². The average Bonchev–Trinajstić information content (AvgIpc) is 3.80. The van der Waals surface area contributed by atoms with Crippen LogP contribution in [0.1, 0.15) is 32.7 Å². The lowest BCUT2D eigenvalue weighted by Crippen LogP contribution is -2.59. The van der Waals surface area contributed by atoms with Crippen LogP contribution in [0.25, 0.3) is 22.3 Å². The minimum Gasteiger partial charge on any atom is -0.457 e. The number of halogens is 1. The first-order valence-electron chi connectivity index (χ1n) is 17.4. The van der Waals surface area contributed by atoms with E-state index in [1.165, 1.54) is 12.4 Å². The summed E-state index contributed by atoms with van der Waals surface area (Å²) >= 11 is 0. The Morgan fingerprint density at radius 2 is 1.82 bits per heavy atom. The Morgan fingerprint density at radius 3 is 2.54 bits per heavy atom. The van der Waals surface area contributed by atoms with Crippen molar-refractivity contribution in [1.82, 2.24) is 34.4 Å². The zero-order valence-electron chi connectivity index (χ0n) is 28.4. The highest BCUT2D eigenvalue weighted by atomic mass is 19.1. The number of hydrogen-bond acceptors (Lipinski definition) is 11. The van der Waals surface area contributed by atoms with Crippen LogP contribution in [0.2, 0.25) is 0 Å². The van der Waals surface area contributed by atoms with Crippen LogP contribution >= 0.6 is 0 Å². The maximum atomic E-state index is 15.7. The van der Waals surface area contributed by atoms with Crippen molar-refractivity contribution in [2.24, 2.45) is 0 Å². The highest BCUT2D eigenvalue weighted by Gasteiger charge is 2.48. The molecule has 2 aromatic heterocycles. The van der Waals surface area contributed by atoms with Gasteiger partial charge in [0, 0.05) is 56.4 Å². The van der Waals surface area contributed by atoms with Crippen LogP contribution in [-0.2, 0) is 9.47 Å².